The highest BCUT2D eigenvalue weighted by molar-refractivity contribution is 8.13. The van der Waals surface area contributed by atoms with Gasteiger partial charge in [-0.05, 0) is 18.6 Å². The van der Waals surface area contributed by atoms with Crippen molar-refractivity contribution in [1.82, 2.24) is 10.2 Å². The maximum absolute atomic E-state index is 13.3. The molecule has 2 amide bonds. The number of amides is 2. The first-order chi connectivity index (χ1) is 10.7. The largest absolute Gasteiger partial charge is 0.490 e. The summed E-state index contributed by atoms with van der Waals surface area (Å²) in [5.74, 6) is 0.544. The molecule has 2 rings (SSSR count). The molecule has 7 heteroatoms. The Kier molecular flexibility index (Phi) is 6.51. The molecule has 0 spiro atoms. The van der Waals surface area contributed by atoms with E-state index in [1.165, 1.54) is 17.8 Å². The average Bonchev–Trinajstić information content (AvgIpc) is 2.92. The van der Waals surface area contributed by atoms with Crippen LogP contribution in [0, 0.1) is 5.82 Å². The molecule has 0 radical (unpaired) electrons. The Balaban J connectivity index is 1.54. The number of para-hydroxylation sites is 1. The second-order valence-electron chi connectivity index (χ2n) is 4.83. The van der Waals surface area contributed by atoms with Gasteiger partial charge in [-0.15, -0.1) is 0 Å². The van der Waals surface area contributed by atoms with E-state index in [2.05, 4.69) is 5.32 Å². The molecule has 0 bridgehead atoms. The van der Waals surface area contributed by atoms with Crippen molar-refractivity contribution in [3.05, 3.63) is 30.1 Å². The van der Waals surface area contributed by atoms with Gasteiger partial charge in [0.25, 0.3) is 5.24 Å². The van der Waals surface area contributed by atoms with Crippen molar-refractivity contribution in [2.24, 2.45) is 0 Å². The predicted molar refractivity (Wildman–Crippen MR) is 83.6 cm³/mol. The first-order valence-corrected chi connectivity index (χ1v) is 8.21. The standard InChI is InChI=1S/C15H19FN2O3S/c16-12-4-1-2-5-13(12)21-10-3-7-17-14(19)6-8-18-9-11-22-15(18)20/h1-2,4-5H,3,6-11H2,(H,17,19). The normalized spacial score (nSPS) is 14.2. The maximum atomic E-state index is 13.3. The molecular formula is C15H19FN2O3S. The highest BCUT2D eigenvalue weighted by atomic mass is 32.2. The quantitative estimate of drug-likeness (QED) is 0.745. The number of benzene rings is 1. The number of hydrogen-bond donors (Lipinski definition) is 1. The molecule has 0 aromatic heterocycles. The van der Waals surface area contributed by atoms with Gasteiger partial charge in [0.15, 0.2) is 11.6 Å². The number of nitrogens with zero attached hydrogens (tertiary/aromatic N) is 1. The number of hydrogen-bond acceptors (Lipinski definition) is 4. The second kappa shape index (κ2) is 8.63. The molecule has 0 aliphatic carbocycles. The third-order valence-corrected chi connectivity index (χ3v) is 4.08. The third kappa shape index (κ3) is 5.22. The number of rotatable bonds is 8. The molecule has 0 saturated carbocycles. The first-order valence-electron chi connectivity index (χ1n) is 7.22. The fourth-order valence-corrected chi connectivity index (χ4v) is 2.85. The molecule has 5 nitrogen and oxygen atoms in total. The summed E-state index contributed by atoms with van der Waals surface area (Å²) in [7, 11) is 0. The van der Waals surface area contributed by atoms with Gasteiger partial charge in [0, 0.05) is 31.8 Å². The lowest BCUT2D eigenvalue weighted by Crippen LogP contribution is -2.31. The molecule has 1 aliphatic heterocycles. The molecule has 1 heterocycles. The lowest BCUT2D eigenvalue weighted by molar-refractivity contribution is -0.121. The van der Waals surface area contributed by atoms with E-state index in [0.717, 1.165) is 5.75 Å². The summed E-state index contributed by atoms with van der Waals surface area (Å²) in [6, 6.07) is 6.22. The SMILES string of the molecule is O=C(CCN1CCSC1=O)NCCCOc1ccccc1F. The monoisotopic (exact) mass is 326 g/mol. The number of nitrogens with one attached hydrogen (secondary N) is 1. The molecular weight excluding hydrogens is 307 g/mol. The molecule has 1 aliphatic rings. The van der Waals surface area contributed by atoms with Crippen LogP contribution in [0.3, 0.4) is 0 Å². The van der Waals surface area contributed by atoms with Crippen LogP contribution >= 0.6 is 11.8 Å². The van der Waals surface area contributed by atoms with Crippen molar-refractivity contribution in [3.63, 3.8) is 0 Å². The minimum absolute atomic E-state index is 0.0473. The predicted octanol–water partition coefficient (Wildman–Crippen LogP) is 2.27. The summed E-state index contributed by atoms with van der Waals surface area (Å²) >= 11 is 1.29. The summed E-state index contributed by atoms with van der Waals surface area (Å²) in [6.07, 6.45) is 0.902. The molecule has 1 aromatic rings. The van der Waals surface area contributed by atoms with Crippen LogP contribution in [0.25, 0.3) is 0 Å². The van der Waals surface area contributed by atoms with Crippen LogP contribution in [0.5, 0.6) is 5.75 Å². The Hall–Kier alpha value is -1.76. The maximum Gasteiger partial charge on any atom is 0.281 e. The van der Waals surface area contributed by atoms with E-state index in [-0.39, 0.29) is 22.7 Å². The van der Waals surface area contributed by atoms with Gasteiger partial charge in [-0.2, -0.15) is 0 Å². The minimum atomic E-state index is -0.389. The zero-order valence-corrected chi connectivity index (χ0v) is 13.0. The summed E-state index contributed by atoms with van der Waals surface area (Å²) in [4.78, 5) is 24.7. The van der Waals surface area contributed by atoms with Crippen LogP contribution in [0.1, 0.15) is 12.8 Å². The lowest BCUT2D eigenvalue weighted by Gasteiger charge is -2.14. The average molecular weight is 326 g/mol. The third-order valence-electron chi connectivity index (χ3n) is 3.19. The topological polar surface area (TPSA) is 58.6 Å². The van der Waals surface area contributed by atoms with Crippen molar-refractivity contribution in [2.75, 3.05) is 32.0 Å². The van der Waals surface area contributed by atoms with Crippen molar-refractivity contribution in [1.29, 1.82) is 0 Å². The fraction of sp³-hybridized carbons (Fsp3) is 0.467. The van der Waals surface area contributed by atoms with Crippen LogP contribution in [0.2, 0.25) is 0 Å². The second-order valence-corrected chi connectivity index (χ2v) is 5.88. The zero-order valence-electron chi connectivity index (χ0n) is 12.2. The molecule has 0 atom stereocenters. The van der Waals surface area contributed by atoms with Gasteiger partial charge in [-0.3, -0.25) is 9.59 Å². The van der Waals surface area contributed by atoms with Crippen molar-refractivity contribution in [3.8, 4) is 5.75 Å². The van der Waals surface area contributed by atoms with E-state index in [9.17, 15) is 14.0 Å². The molecule has 1 aromatic carbocycles. The van der Waals surface area contributed by atoms with Gasteiger partial charge >= 0.3 is 0 Å². The van der Waals surface area contributed by atoms with Gasteiger partial charge in [-0.1, -0.05) is 23.9 Å². The van der Waals surface area contributed by atoms with Gasteiger partial charge < -0.3 is 15.0 Å². The summed E-state index contributed by atoms with van der Waals surface area (Å²) in [5.41, 5.74) is 0. The van der Waals surface area contributed by atoms with Crippen LogP contribution in [0.15, 0.2) is 24.3 Å². The van der Waals surface area contributed by atoms with Crippen molar-refractivity contribution in [2.45, 2.75) is 12.8 Å². The summed E-state index contributed by atoms with van der Waals surface area (Å²) in [5, 5.41) is 2.81. The van der Waals surface area contributed by atoms with Crippen LogP contribution in [0.4, 0.5) is 9.18 Å². The number of thioether (sulfide) groups is 1. The van der Waals surface area contributed by atoms with Gasteiger partial charge in [0.2, 0.25) is 5.91 Å². The molecule has 1 fully saturated rings. The van der Waals surface area contributed by atoms with E-state index in [4.69, 9.17) is 4.74 Å². The van der Waals surface area contributed by atoms with Crippen LogP contribution < -0.4 is 10.1 Å². The number of halogens is 1. The highest BCUT2D eigenvalue weighted by Gasteiger charge is 2.21. The van der Waals surface area contributed by atoms with Crippen molar-refractivity contribution >= 4 is 22.9 Å². The molecule has 22 heavy (non-hydrogen) atoms. The number of carbonyl (C=O) groups is 2. The molecule has 120 valence electrons. The lowest BCUT2D eigenvalue weighted by atomic mass is 10.3. The fourth-order valence-electron chi connectivity index (χ4n) is 2.00. The molecule has 1 saturated heterocycles. The van der Waals surface area contributed by atoms with E-state index in [1.807, 2.05) is 0 Å². The van der Waals surface area contributed by atoms with E-state index in [1.54, 1.807) is 23.1 Å². The van der Waals surface area contributed by atoms with Crippen LogP contribution in [-0.4, -0.2) is 48.0 Å². The minimum Gasteiger partial charge on any atom is -0.490 e. The Morgan fingerprint density at radius 1 is 1.41 bits per heavy atom. The Morgan fingerprint density at radius 2 is 2.23 bits per heavy atom. The smallest absolute Gasteiger partial charge is 0.281 e. The Morgan fingerprint density at radius 3 is 2.95 bits per heavy atom. The summed E-state index contributed by atoms with van der Waals surface area (Å²) in [6.45, 7) is 1.98. The van der Waals surface area contributed by atoms with E-state index < -0.39 is 0 Å². The van der Waals surface area contributed by atoms with E-state index >= 15 is 0 Å². The van der Waals surface area contributed by atoms with Gasteiger partial charge in [-0.25, -0.2) is 4.39 Å². The number of ether oxygens (including phenoxy) is 1. The van der Waals surface area contributed by atoms with E-state index in [0.29, 0.717) is 39.1 Å². The Bertz CT molecular complexity index is 527. The van der Waals surface area contributed by atoms with Crippen LogP contribution in [-0.2, 0) is 4.79 Å². The highest BCUT2D eigenvalue weighted by Crippen LogP contribution is 2.17. The van der Waals surface area contributed by atoms with Gasteiger partial charge in [0.05, 0.1) is 6.61 Å². The van der Waals surface area contributed by atoms with Gasteiger partial charge in [0.1, 0.15) is 0 Å². The first kappa shape index (κ1) is 16.6. The Labute approximate surface area is 133 Å². The van der Waals surface area contributed by atoms with Crippen molar-refractivity contribution < 1.29 is 18.7 Å². The number of carbonyl (C=O) groups excluding carboxylic acids is 2. The molecule has 1 N–H and O–H groups in total. The molecule has 0 unspecified atom stereocenters. The zero-order chi connectivity index (χ0) is 15.8. The summed E-state index contributed by atoms with van der Waals surface area (Å²) < 4.78 is 18.6.